The SMILES string of the molecule is COc1cc(C(=O)N(C)C2CCCCC2)ccc1Cc1ccc2c(n1)N(C)c1ccccc1C(=O)N2C. The Bertz CT molecular complexity index is 1330. The van der Waals surface area contributed by atoms with Crippen LogP contribution >= 0.6 is 0 Å². The molecular formula is C30H34N4O3. The van der Waals surface area contributed by atoms with E-state index in [1.807, 2.05) is 78.5 Å². The Balaban J connectivity index is 1.42. The maximum Gasteiger partial charge on any atom is 0.260 e. The first-order chi connectivity index (χ1) is 17.9. The Morgan fingerprint density at radius 1 is 1.00 bits per heavy atom. The predicted molar refractivity (Wildman–Crippen MR) is 146 cm³/mol. The van der Waals surface area contributed by atoms with Gasteiger partial charge >= 0.3 is 0 Å². The molecule has 37 heavy (non-hydrogen) atoms. The minimum Gasteiger partial charge on any atom is -0.496 e. The molecule has 0 unspecified atom stereocenters. The zero-order valence-electron chi connectivity index (χ0n) is 22.0. The molecule has 0 radical (unpaired) electrons. The van der Waals surface area contributed by atoms with Crippen molar-refractivity contribution in [3.05, 3.63) is 77.0 Å². The van der Waals surface area contributed by atoms with Crippen LogP contribution in [0.2, 0.25) is 0 Å². The lowest BCUT2D eigenvalue weighted by atomic mass is 9.94. The number of anilines is 3. The Kier molecular flexibility index (Phi) is 6.87. The number of ether oxygens (including phenoxy) is 1. The Hall–Kier alpha value is -3.87. The second-order valence-electron chi connectivity index (χ2n) is 10.00. The van der Waals surface area contributed by atoms with Gasteiger partial charge in [-0.15, -0.1) is 0 Å². The Labute approximate surface area is 218 Å². The van der Waals surface area contributed by atoms with Crippen molar-refractivity contribution in [1.82, 2.24) is 9.88 Å². The number of hydrogen-bond acceptors (Lipinski definition) is 5. The van der Waals surface area contributed by atoms with Crippen LogP contribution in [0.5, 0.6) is 5.75 Å². The van der Waals surface area contributed by atoms with Crippen LogP contribution in [0.3, 0.4) is 0 Å². The predicted octanol–water partition coefficient (Wildman–Crippen LogP) is 5.44. The second-order valence-corrected chi connectivity index (χ2v) is 10.00. The molecule has 0 bridgehead atoms. The van der Waals surface area contributed by atoms with Gasteiger partial charge in [0.2, 0.25) is 0 Å². The number of para-hydroxylation sites is 1. The summed E-state index contributed by atoms with van der Waals surface area (Å²) >= 11 is 0. The van der Waals surface area contributed by atoms with Gasteiger partial charge in [0.25, 0.3) is 11.8 Å². The number of fused-ring (bicyclic) bond motifs is 2. The van der Waals surface area contributed by atoms with Gasteiger partial charge in [0.15, 0.2) is 5.82 Å². The van der Waals surface area contributed by atoms with Crippen molar-refractivity contribution >= 4 is 29.0 Å². The first-order valence-electron chi connectivity index (χ1n) is 12.9. The molecule has 1 fully saturated rings. The highest BCUT2D eigenvalue weighted by Crippen LogP contribution is 2.38. The van der Waals surface area contributed by atoms with Crippen molar-refractivity contribution in [2.75, 3.05) is 38.1 Å². The van der Waals surface area contributed by atoms with E-state index in [1.54, 1.807) is 19.1 Å². The first-order valence-corrected chi connectivity index (χ1v) is 12.9. The average Bonchev–Trinajstić information content (AvgIpc) is 3.02. The summed E-state index contributed by atoms with van der Waals surface area (Å²) in [6, 6.07) is 17.5. The molecule has 2 heterocycles. The van der Waals surface area contributed by atoms with Gasteiger partial charge in [-0.2, -0.15) is 0 Å². The summed E-state index contributed by atoms with van der Waals surface area (Å²) in [5.41, 5.74) is 4.67. The van der Waals surface area contributed by atoms with Crippen molar-refractivity contribution in [3.63, 3.8) is 0 Å². The minimum absolute atomic E-state index is 0.0351. The number of carbonyl (C=O) groups is 2. The van der Waals surface area contributed by atoms with Crippen LogP contribution in [0.1, 0.15) is 64.1 Å². The van der Waals surface area contributed by atoms with Crippen LogP contribution in [0.15, 0.2) is 54.6 Å². The smallest absolute Gasteiger partial charge is 0.260 e. The van der Waals surface area contributed by atoms with Crippen molar-refractivity contribution in [2.45, 2.75) is 44.6 Å². The van der Waals surface area contributed by atoms with E-state index in [2.05, 4.69) is 0 Å². The van der Waals surface area contributed by atoms with Gasteiger partial charge in [0.1, 0.15) is 5.75 Å². The molecule has 0 spiro atoms. The first kappa shape index (κ1) is 24.8. The molecule has 3 aromatic rings. The summed E-state index contributed by atoms with van der Waals surface area (Å²) in [6.45, 7) is 0. The van der Waals surface area contributed by atoms with E-state index in [1.165, 1.54) is 19.3 Å². The molecule has 1 saturated carbocycles. The number of benzene rings is 2. The Morgan fingerprint density at radius 3 is 2.51 bits per heavy atom. The van der Waals surface area contributed by atoms with E-state index in [-0.39, 0.29) is 11.8 Å². The van der Waals surface area contributed by atoms with Crippen LogP contribution in [-0.4, -0.2) is 56.0 Å². The van der Waals surface area contributed by atoms with Crippen molar-refractivity contribution < 1.29 is 14.3 Å². The number of rotatable bonds is 5. The van der Waals surface area contributed by atoms with Gasteiger partial charge in [-0.25, -0.2) is 4.98 Å². The molecule has 0 atom stereocenters. The molecule has 0 N–H and O–H groups in total. The number of hydrogen-bond donors (Lipinski definition) is 0. The van der Waals surface area contributed by atoms with Gasteiger partial charge in [0.05, 0.1) is 24.0 Å². The average molecular weight is 499 g/mol. The molecule has 192 valence electrons. The fourth-order valence-electron chi connectivity index (χ4n) is 5.50. The second kappa shape index (κ2) is 10.2. The molecule has 1 aliphatic heterocycles. The fourth-order valence-corrected chi connectivity index (χ4v) is 5.50. The molecule has 2 aliphatic rings. The maximum absolute atomic E-state index is 13.2. The normalized spacial score (nSPS) is 15.6. The summed E-state index contributed by atoms with van der Waals surface area (Å²) in [5.74, 6) is 1.37. The lowest BCUT2D eigenvalue weighted by Gasteiger charge is -2.31. The van der Waals surface area contributed by atoms with Crippen molar-refractivity contribution in [1.29, 1.82) is 0 Å². The highest BCUT2D eigenvalue weighted by atomic mass is 16.5. The van der Waals surface area contributed by atoms with E-state index < -0.39 is 0 Å². The summed E-state index contributed by atoms with van der Waals surface area (Å²) < 4.78 is 5.70. The molecule has 0 saturated heterocycles. The fraction of sp³-hybridized carbons (Fsp3) is 0.367. The molecule has 2 amide bonds. The monoisotopic (exact) mass is 498 g/mol. The molecule has 1 aliphatic carbocycles. The van der Waals surface area contributed by atoms with Crippen LogP contribution in [0.25, 0.3) is 0 Å². The number of aromatic nitrogens is 1. The van der Waals surface area contributed by atoms with Gasteiger partial charge in [-0.3, -0.25) is 9.59 Å². The minimum atomic E-state index is -0.0594. The lowest BCUT2D eigenvalue weighted by molar-refractivity contribution is 0.0695. The maximum atomic E-state index is 13.2. The highest BCUT2D eigenvalue weighted by molar-refractivity contribution is 6.13. The zero-order valence-corrected chi connectivity index (χ0v) is 22.0. The number of carbonyl (C=O) groups excluding carboxylic acids is 2. The third kappa shape index (κ3) is 4.66. The highest BCUT2D eigenvalue weighted by Gasteiger charge is 2.28. The van der Waals surface area contributed by atoms with E-state index in [4.69, 9.17) is 9.72 Å². The van der Waals surface area contributed by atoms with E-state index in [0.29, 0.717) is 29.3 Å². The third-order valence-electron chi connectivity index (χ3n) is 7.74. The summed E-state index contributed by atoms with van der Waals surface area (Å²) in [6.07, 6.45) is 6.30. The van der Waals surface area contributed by atoms with Gasteiger partial charge < -0.3 is 19.4 Å². The molecule has 7 nitrogen and oxygen atoms in total. The van der Waals surface area contributed by atoms with Crippen molar-refractivity contribution in [2.24, 2.45) is 0 Å². The van der Waals surface area contributed by atoms with Gasteiger partial charge in [-0.1, -0.05) is 37.5 Å². The lowest BCUT2D eigenvalue weighted by Crippen LogP contribution is -2.38. The van der Waals surface area contributed by atoms with E-state index in [9.17, 15) is 9.59 Å². The molecule has 5 rings (SSSR count). The summed E-state index contributed by atoms with van der Waals surface area (Å²) in [4.78, 5) is 36.7. The van der Waals surface area contributed by atoms with E-state index in [0.717, 1.165) is 41.3 Å². The zero-order chi connectivity index (χ0) is 26.1. The molecular weight excluding hydrogens is 464 g/mol. The summed E-state index contributed by atoms with van der Waals surface area (Å²) in [7, 11) is 7.26. The number of amides is 2. The molecule has 7 heteroatoms. The standard InChI is InChI=1S/C30H34N4O3/c1-32(23-10-6-5-7-11-23)29(35)21-15-14-20(27(19-21)37-4)18-22-16-17-26-28(31-22)33(2)25-13-9-8-12-24(25)30(36)34(26)3/h8-9,12-17,19,23H,5-7,10-11,18H2,1-4H3. The number of pyridine rings is 1. The van der Waals surface area contributed by atoms with Crippen LogP contribution < -0.4 is 14.5 Å². The topological polar surface area (TPSA) is 66.0 Å². The third-order valence-corrected chi connectivity index (χ3v) is 7.74. The number of methoxy groups -OCH3 is 1. The molecule has 2 aromatic carbocycles. The number of nitrogens with zero attached hydrogens (tertiary/aromatic N) is 4. The molecule has 1 aromatic heterocycles. The van der Waals surface area contributed by atoms with Crippen LogP contribution in [0.4, 0.5) is 17.2 Å². The Morgan fingerprint density at radius 2 is 1.76 bits per heavy atom. The quantitative estimate of drug-likeness (QED) is 0.468. The van der Waals surface area contributed by atoms with Gasteiger partial charge in [0, 0.05) is 50.4 Å². The largest absolute Gasteiger partial charge is 0.496 e. The van der Waals surface area contributed by atoms with Crippen molar-refractivity contribution in [3.8, 4) is 5.75 Å². The van der Waals surface area contributed by atoms with E-state index >= 15 is 0 Å². The van der Waals surface area contributed by atoms with Crippen LogP contribution in [-0.2, 0) is 6.42 Å². The van der Waals surface area contributed by atoms with Gasteiger partial charge in [-0.05, 0) is 49.2 Å². The summed E-state index contributed by atoms with van der Waals surface area (Å²) in [5, 5.41) is 0. The van der Waals surface area contributed by atoms with Crippen LogP contribution in [0, 0.1) is 0 Å².